The highest BCUT2D eigenvalue weighted by Gasteiger charge is 2.05. The van der Waals surface area contributed by atoms with Crippen LogP contribution in [0.15, 0.2) is 42.5 Å². The maximum Gasteiger partial charge on any atom is 0.263 e. The minimum Gasteiger partial charge on any atom is -0.466 e. The number of benzene rings is 1. The van der Waals surface area contributed by atoms with Gasteiger partial charge in [-0.25, -0.2) is 0 Å². The van der Waals surface area contributed by atoms with E-state index in [4.69, 9.17) is 17.0 Å². The standard InChI is InChI=1S/C12H15NOS/c1-3-4-10-14-12(15)13(2)11-8-6-5-7-9-11/h3-9H,10H2,1-2H3/b4-3+. The van der Waals surface area contributed by atoms with Gasteiger partial charge in [0.15, 0.2) is 0 Å². The second-order valence-corrected chi connectivity index (χ2v) is 3.39. The highest BCUT2D eigenvalue weighted by Crippen LogP contribution is 2.11. The maximum absolute atomic E-state index is 5.37. The topological polar surface area (TPSA) is 12.5 Å². The molecule has 0 spiro atoms. The van der Waals surface area contributed by atoms with E-state index < -0.39 is 0 Å². The third-order valence-corrected chi connectivity index (χ3v) is 2.35. The van der Waals surface area contributed by atoms with Crippen LogP contribution in [0.4, 0.5) is 5.69 Å². The molecule has 0 bridgehead atoms. The van der Waals surface area contributed by atoms with Gasteiger partial charge in [0.1, 0.15) is 6.61 Å². The van der Waals surface area contributed by atoms with Crippen molar-refractivity contribution in [1.29, 1.82) is 0 Å². The Hall–Kier alpha value is -1.35. The molecule has 0 amide bonds. The smallest absolute Gasteiger partial charge is 0.263 e. The summed E-state index contributed by atoms with van der Waals surface area (Å²) in [6.07, 6.45) is 3.86. The van der Waals surface area contributed by atoms with Crippen LogP contribution in [0.1, 0.15) is 6.92 Å². The summed E-state index contributed by atoms with van der Waals surface area (Å²) in [5.41, 5.74) is 1.03. The number of para-hydroxylation sites is 1. The zero-order valence-electron chi connectivity index (χ0n) is 9.01. The van der Waals surface area contributed by atoms with Crippen LogP contribution < -0.4 is 4.90 Å². The van der Waals surface area contributed by atoms with Crippen molar-refractivity contribution in [3.63, 3.8) is 0 Å². The van der Waals surface area contributed by atoms with Gasteiger partial charge in [-0.3, -0.25) is 0 Å². The molecule has 0 aliphatic heterocycles. The van der Waals surface area contributed by atoms with Crippen molar-refractivity contribution in [2.24, 2.45) is 0 Å². The Labute approximate surface area is 96.2 Å². The molecule has 2 nitrogen and oxygen atoms in total. The molecule has 0 fully saturated rings. The Morgan fingerprint density at radius 3 is 2.67 bits per heavy atom. The lowest BCUT2D eigenvalue weighted by Gasteiger charge is -2.19. The molecule has 3 heteroatoms. The first-order valence-electron chi connectivity index (χ1n) is 4.82. The van der Waals surface area contributed by atoms with E-state index in [1.807, 2.05) is 61.4 Å². The van der Waals surface area contributed by atoms with E-state index >= 15 is 0 Å². The number of ether oxygens (including phenoxy) is 1. The fraction of sp³-hybridized carbons (Fsp3) is 0.250. The van der Waals surface area contributed by atoms with Gasteiger partial charge in [0, 0.05) is 12.7 Å². The van der Waals surface area contributed by atoms with E-state index in [1.54, 1.807) is 0 Å². The molecule has 0 aliphatic carbocycles. The molecule has 0 aromatic heterocycles. The molecule has 0 aliphatic rings. The summed E-state index contributed by atoms with van der Waals surface area (Å²) in [5, 5.41) is 0.485. The molecule has 0 unspecified atom stereocenters. The van der Waals surface area contributed by atoms with Crippen LogP contribution in [-0.2, 0) is 4.74 Å². The van der Waals surface area contributed by atoms with Crippen LogP contribution in [0.3, 0.4) is 0 Å². The van der Waals surface area contributed by atoms with Crippen molar-refractivity contribution >= 4 is 23.1 Å². The Morgan fingerprint density at radius 1 is 1.40 bits per heavy atom. The van der Waals surface area contributed by atoms with E-state index in [9.17, 15) is 0 Å². The molecule has 0 heterocycles. The lowest BCUT2D eigenvalue weighted by atomic mass is 10.3. The van der Waals surface area contributed by atoms with E-state index in [1.165, 1.54) is 0 Å². The van der Waals surface area contributed by atoms with Gasteiger partial charge in [-0.05, 0) is 31.3 Å². The third-order valence-electron chi connectivity index (χ3n) is 1.96. The van der Waals surface area contributed by atoms with Crippen LogP contribution >= 0.6 is 12.2 Å². The van der Waals surface area contributed by atoms with Gasteiger partial charge in [-0.2, -0.15) is 0 Å². The number of hydrogen-bond acceptors (Lipinski definition) is 2. The number of nitrogens with zero attached hydrogens (tertiary/aromatic N) is 1. The van der Waals surface area contributed by atoms with Crippen molar-refractivity contribution in [1.82, 2.24) is 0 Å². The SMILES string of the molecule is C/C=C/COC(=S)N(C)c1ccccc1. The average molecular weight is 221 g/mol. The van der Waals surface area contributed by atoms with E-state index in [0.717, 1.165) is 5.69 Å². The van der Waals surface area contributed by atoms with Gasteiger partial charge in [0.25, 0.3) is 5.17 Å². The summed E-state index contributed by atoms with van der Waals surface area (Å²) in [4.78, 5) is 1.85. The van der Waals surface area contributed by atoms with Crippen molar-refractivity contribution in [3.8, 4) is 0 Å². The van der Waals surface area contributed by atoms with Crippen LogP contribution in [0, 0.1) is 0 Å². The van der Waals surface area contributed by atoms with E-state index in [0.29, 0.717) is 11.8 Å². The lowest BCUT2D eigenvalue weighted by Crippen LogP contribution is -2.26. The molecule has 0 saturated carbocycles. The molecule has 0 atom stereocenters. The highest BCUT2D eigenvalue weighted by molar-refractivity contribution is 7.80. The monoisotopic (exact) mass is 221 g/mol. The summed E-state index contributed by atoms with van der Waals surface area (Å²) in [5.74, 6) is 0. The fourth-order valence-corrected chi connectivity index (χ4v) is 1.24. The molecular formula is C12H15NOS. The molecule has 1 aromatic carbocycles. The molecule has 1 rings (SSSR count). The summed E-state index contributed by atoms with van der Waals surface area (Å²) in [7, 11) is 1.90. The summed E-state index contributed by atoms with van der Waals surface area (Å²) in [6.45, 7) is 2.47. The number of rotatable bonds is 3. The van der Waals surface area contributed by atoms with Gasteiger partial charge in [0.05, 0.1) is 0 Å². The Morgan fingerprint density at radius 2 is 2.07 bits per heavy atom. The molecular weight excluding hydrogens is 206 g/mol. The predicted octanol–water partition coefficient (Wildman–Crippen LogP) is 3.00. The van der Waals surface area contributed by atoms with Crippen LogP contribution in [0.5, 0.6) is 0 Å². The lowest BCUT2D eigenvalue weighted by molar-refractivity contribution is 0.352. The van der Waals surface area contributed by atoms with Gasteiger partial charge in [-0.15, -0.1) is 0 Å². The van der Waals surface area contributed by atoms with Gasteiger partial charge >= 0.3 is 0 Å². The van der Waals surface area contributed by atoms with Crippen molar-refractivity contribution < 1.29 is 4.74 Å². The van der Waals surface area contributed by atoms with Crippen molar-refractivity contribution in [3.05, 3.63) is 42.5 Å². The Balaban J connectivity index is 2.53. The van der Waals surface area contributed by atoms with Gasteiger partial charge in [-0.1, -0.05) is 30.4 Å². The fourth-order valence-electron chi connectivity index (χ4n) is 1.07. The van der Waals surface area contributed by atoms with Crippen LogP contribution in [-0.4, -0.2) is 18.8 Å². The normalized spacial score (nSPS) is 10.3. The van der Waals surface area contributed by atoms with Gasteiger partial charge in [0.2, 0.25) is 0 Å². The van der Waals surface area contributed by atoms with Crippen molar-refractivity contribution in [2.75, 3.05) is 18.6 Å². The Bertz CT molecular complexity index is 335. The number of hydrogen-bond donors (Lipinski definition) is 0. The second-order valence-electron chi connectivity index (χ2n) is 3.04. The van der Waals surface area contributed by atoms with E-state index in [2.05, 4.69) is 0 Å². The first kappa shape index (κ1) is 11.7. The summed E-state index contributed by atoms with van der Waals surface area (Å²) < 4.78 is 5.37. The first-order chi connectivity index (χ1) is 7.25. The molecule has 15 heavy (non-hydrogen) atoms. The molecule has 0 saturated heterocycles. The first-order valence-corrected chi connectivity index (χ1v) is 5.23. The number of allylic oxidation sites excluding steroid dienone is 1. The zero-order valence-corrected chi connectivity index (χ0v) is 9.83. The highest BCUT2D eigenvalue weighted by atomic mass is 32.1. The Kier molecular flexibility index (Phi) is 4.84. The minimum absolute atomic E-state index is 0.485. The largest absolute Gasteiger partial charge is 0.466 e. The quantitative estimate of drug-likeness (QED) is 0.575. The van der Waals surface area contributed by atoms with E-state index in [-0.39, 0.29) is 0 Å². The van der Waals surface area contributed by atoms with Gasteiger partial charge < -0.3 is 9.64 Å². The second kappa shape index (κ2) is 6.19. The molecule has 0 N–H and O–H groups in total. The predicted molar refractivity (Wildman–Crippen MR) is 68.2 cm³/mol. The minimum atomic E-state index is 0.485. The molecule has 0 radical (unpaired) electrons. The van der Waals surface area contributed by atoms with Crippen LogP contribution in [0.25, 0.3) is 0 Å². The molecule has 1 aromatic rings. The maximum atomic E-state index is 5.37. The van der Waals surface area contributed by atoms with Crippen molar-refractivity contribution in [2.45, 2.75) is 6.92 Å². The van der Waals surface area contributed by atoms with Crippen LogP contribution in [0.2, 0.25) is 0 Å². The third kappa shape index (κ3) is 3.72. The number of thiocarbonyl (C=S) groups is 1. The molecule has 80 valence electrons. The zero-order chi connectivity index (χ0) is 11.1. The summed E-state index contributed by atoms with van der Waals surface area (Å²) in [6, 6.07) is 9.90. The number of anilines is 1. The summed E-state index contributed by atoms with van der Waals surface area (Å²) >= 11 is 5.14. The average Bonchev–Trinajstić information content (AvgIpc) is 2.29.